The van der Waals surface area contributed by atoms with Crippen molar-refractivity contribution in [2.45, 2.75) is 25.4 Å². The van der Waals surface area contributed by atoms with Crippen molar-refractivity contribution in [3.8, 4) is 5.75 Å². The Labute approximate surface area is 118 Å². The lowest BCUT2D eigenvalue weighted by Crippen LogP contribution is -2.22. The average Bonchev–Trinajstić information content (AvgIpc) is 2.86. The minimum absolute atomic E-state index is 0.00421. The number of likely N-dealkylation sites (tertiary alicyclic amines) is 1. The van der Waals surface area contributed by atoms with E-state index in [0.29, 0.717) is 12.6 Å². The van der Waals surface area contributed by atoms with E-state index >= 15 is 0 Å². The number of phenolic OH excluding ortho intramolecular Hbond substituents is 1. The average molecular weight is 271 g/mol. The van der Waals surface area contributed by atoms with Gasteiger partial charge in [0.15, 0.2) is 0 Å². The molecule has 0 radical (unpaired) electrons. The molecule has 1 atom stereocenters. The first-order valence-electron chi connectivity index (χ1n) is 7.00. The second kappa shape index (κ2) is 5.63. The van der Waals surface area contributed by atoms with E-state index in [1.165, 1.54) is 11.6 Å². The fourth-order valence-electron chi connectivity index (χ4n) is 3.03. The molecule has 20 heavy (non-hydrogen) atoms. The Morgan fingerprint density at radius 2 is 1.95 bits per heavy atom. The molecule has 1 unspecified atom stereocenters. The first-order valence-corrected chi connectivity index (χ1v) is 7.00. The molecule has 1 heterocycles. The van der Waals surface area contributed by atoms with E-state index in [2.05, 4.69) is 29.2 Å². The van der Waals surface area contributed by atoms with Crippen molar-refractivity contribution in [2.75, 3.05) is 6.54 Å². The van der Waals surface area contributed by atoms with Crippen LogP contribution in [-0.4, -0.2) is 16.6 Å². The molecule has 1 aliphatic rings. The summed E-state index contributed by atoms with van der Waals surface area (Å²) in [4.78, 5) is 2.35. The van der Waals surface area contributed by atoms with Crippen molar-refractivity contribution in [3.05, 3.63) is 65.5 Å². The number of halogens is 1. The summed E-state index contributed by atoms with van der Waals surface area (Å²) in [5.74, 6) is -0.383. The predicted molar refractivity (Wildman–Crippen MR) is 76.9 cm³/mol. The Hall–Kier alpha value is -1.87. The van der Waals surface area contributed by atoms with Gasteiger partial charge >= 0.3 is 0 Å². The van der Waals surface area contributed by atoms with Gasteiger partial charge in [-0.1, -0.05) is 30.3 Å². The lowest BCUT2D eigenvalue weighted by molar-refractivity contribution is 0.248. The van der Waals surface area contributed by atoms with Gasteiger partial charge in [-0.2, -0.15) is 0 Å². The first kappa shape index (κ1) is 13.1. The molecule has 1 fully saturated rings. The van der Waals surface area contributed by atoms with Crippen molar-refractivity contribution in [3.63, 3.8) is 0 Å². The molecule has 0 saturated carbocycles. The smallest absolute Gasteiger partial charge is 0.127 e. The summed E-state index contributed by atoms with van der Waals surface area (Å²) in [6, 6.07) is 15.1. The summed E-state index contributed by atoms with van der Waals surface area (Å²) in [5.41, 5.74) is 2.14. The SMILES string of the molecule is Oc1cc(F)cc(CN2CCCC2c2ccccc2)c1. The third kappa shape index (κ3) is 2.83. The van der Waals surface area contributed by atoms with Crippen molar-refractivity contribution < 1.29 is 9.50 Å². The minimum Gasteiger partial charge on any atom is -0.508 e. The lowest BCUT2D eigenvalue weighted by atomic mass is 10.0. The van der Waals surface area contributed by atoms with Gasteiger partial charge in [0, 0.05) is 18.7 Å². The summed E-state index contributed by atoms with van der Waals surface area (Å²) < 4.78 is 13.3. The van der Waals surface area contributed by atoms with Crippen molar-refractivity contribution in [1.29, 1.82) is 0 Å². The van der Waals surface area contributed by atoms with Crippen LogP contribution in [0.4, 0.5) is 4.39 Å². The van der Waals surface area contributed by atoms with Crippen LogP contribution in [0.25, 0.3) is 0 Å². The van der Waals surface area contributed by atoms with Gasteiger partial charge in [-0.3, -0.25) is 4.90 Å². The highest BCUT2D eigenvalue weighted by molar-refractivity contribution is 5.29. The highest BCUT2D eigenvalue weighted by atomic mass is 19.1. The molecular weight excluding hydrogens is 253 g/mol. The van der Waals surface area contributed by atoms with Crippen LogP contribution in [0.15, 0.2) is 48.5 Å². The third-order valence-electron chi connectivity index (χ3n) is 3.88. The zero-order chi connectivity index (χ0) is 13.9. The predicted octanol–water partition coefficient (Wildman–Crippen LogP) is 3.87. The Bertz CT molecular complexity index is 565. The number of phenols is 1. The summed E-state index contributed by atoms with van der Waals surface area (Å²) >= 11 is 0. The quantitative estimate of drug-likeness (QED) is 0.916. The Kier molecular flexibility index (Phi) is 3.70. The van der Waals surface area contributed by atoms with E-state index < -0.39 is 0 Å². The van der Waals surface area contributed by atoms with Crippen LogP contribution in [0.1, 0.15) is 30.0 Å². The van der Waals surface area contributed by atoms with E-state index in [-0.39, 0.29) is 11.6 Å². The van der Waals surface area contributed by atoms with Gasteiger partial charge in [0.25, 0.3) is 0 Å². The van der Waals surface area contributed by atoms with E-state index in [1.807, 2.05) is 6.07 Å². The molecule has 1 N–H and O–H groups in total. The Morgan fingerprint density at radius 1 is 1.15 bits per heavy atom. The minimum atomic E-state index is -0.379. The van der Waals surface area contributed by atoms with Crippen LogP contribution < -0.4 is 0 Å². The topological polar surface area (TPSA) is 23.5 Å². The second-order valence-electron chi connectivity index (χ2n) is 5.36. The standard InChI is InChI=1S/C17H18FNO/c18-15-9-13(10-16(20)11-15)12-19-8-4-7-17(19)14-5-2-1-3-6-14/h1-3,5-6,9-11,17,20H,4,7-8,12H2. The van der Waals surface area contributed by atoms with Gasteiger partial charge in [0.05, 0.1) is 0 Å². The van der Waals surface area contributed by atoms with Crippen molar-refractivity contribution in [1.82, 2.24) is 4.90 Å². The normalized spacial score (nSPS) is 19.4. The molecule has 0 spiro atoms. The van der Waals surface area contributed by atoms with Crippen molar-refractivity contribution in [2.24, 2.45) is 0 Å². The maximum atomic E-state index is 13.3. The molecule has 1 saturated heterocycles. The first-order chi connectivity index (χ1) is 9.72. The van der Waals surface area contributed by atoms with Crippen LogP contribution in [0, 0.1) is 5.82 Å². The summed E-state index contributed by atoms with van der Waals surface area (Å²) in [6.45, 7) is 1.68. The summed E-state index contributed by atoms with van der Waals surface area (Å²) in [6.07, 6.45) is 2.28. The van der Waals surface area contributed by atoms with Crippen molar-refractivity contribution >= 4 is 0 Å². The lowest BCUT2D eigenvalue weighted by Gasteiger charge is -2.25. The van der Waals surface area contributed by atoms with Crippen LogP contribution in [0.2, 0.25) is 0 Å². The number of hydrogen-bond acceptors (Lipinski definition) is 2. The second-order valence-corrected chi connectivity index (χ2v) is 5.36. The molecule has 2 aromatic carbocycles. The molecule has 0 bridgehead atoms. The van der Waals surface area contributed by atoms with Gasteiger partial charge in [-0.15, -0.1) is 0 Å². The molecule has 2 nitrogen and oxygen atoms in total. The van der Waals surface area contributed by atoms with Crippen LogP contribution in [-0.2, 0) is 6.54 Å². The Balaban J connectivity index is 1.79. The van der Waals surface area contributed by atoms with E-state index in [1.54, 1.807) is 6.07 Å². The molecule has 104 valence electrons. The number of aromatic hydroxyl groups is 1. The molecule has 0 aromatic heterocycles. The molecule has 0 aliphatic carbocycles. The molecule has 3 heteroatoms. The number of hydrogen-bond donors (Lipinski definition) is 1. The van der Waals surface area contributed by atoms with E-state index in [4.69, 9.17) is 0 Å². The maximum absolute atomic E-state index is 13.3. The van der Waals surface area contributed by atoms with Crippen LogP contribution in [0.5, 0.6) is 5.75 Å². The number of benzene rings is 2. The fourth-order valence-corrected chi connectivity index (χ4v) is 3.03. The van der Waals surface area contributed by atoms with E-state index in [9.17, 15) is 9.50 Å². The monoisotopic (exact) mass is 271 g/mol. The van der Waals surface area contributed by atoms with Gasteiger partial charge in [0.1, 0.15) is 11.6 Å². The zero-order valence-electron chi connectivity index (χ0n) is 11.3. The van der Waals surface area contributed by atoms with Gasteiger partial charge in [-0.05, 0) is 42.6 Å². The largest absolute Gasteiger partial charge is 0.508 e. The highest BCUT2D eigenvalue weighted by Crippen LogP contribution is 2.33. The summed E-state index contributed by atoms with van der Waals surface area (Å²) in [5, 5.41) is 9.49. The van der Waals surface area contributed by atoms with Gasteiger partial charge in [-0.25, -0.2) is 4.39 Å². The van der Waals surface area contributed by atoms with Crippen LogP contribution in [0.3, 0.4) is 0 Å². The molecule has 1 aliphatic heterocycles. The number of nitrogens with zero attached hydrogens (tertiary/aromatic N) is 1. The number of rotatable bonds is 3. The molecule has 3 rings (SSSR count). The fraction of sp³-hybridized carbons (Fsp3) is 0.294. The van der Waals surface area contributed by atoms with Gasteiger partial charge in [0.2, 0.25) is 0 Å². The molecular formula is C17H18FNO. The van der Waals surface area contributed by atoms with E-state index in [0.717, 1.165) is 31.0 Å². The van der Waals surface area contributed by atoms with Crippen LogP contribution >= 0.6 is 0 Å². The Morgan fingerprint density at radius 3 is 2.70 bits per heavy atom. The molecule has 2 aromatic rings. The zero-order valence-corrected chi connectivity index (χ0v) is 11.3. The highest BCUT2D eigenvalue weighted by Gasteiger charge is 2.25. The summed E-state index contributed by atoms with van der Waals surface area (Å²) in [7, 11) is 0. The molecule has 0 amide bonds. The van der Waals surface area contributed by atoms with Gasteiger partial charge < -0.3 is 5.11 Å². The maximum Gasteiger partial charge on any atom is 0.127 e. The third-order valence-corrected chi connectivity index (χ3v) is 3.88.